The fourth-order valence-corrected chi connectivity index (χ4v) is 4.85. The number of hydrogen-bond acceptors (Lipinski definition) is 5. The molecule has 0 atom stereocenters. The average molecular weight is 483 g/mol. The number of benzene rings is 1. The zero-order chi connectivity index (χ0) is 24.5. The van der Waals surface area contributed by atoms with Gasteiger partial charge in [0.1, 0.15) is 5.57 Å². The maximum absolute atomic E-state index is 13.0. The topological polar surface area (TPSA) is 58.6 Å². The summed E-state index contributed by atoms with van der Waals surface area (Å²) in [4.78, 5) is 27.7. The molecular weight excluding hydrogens is 448 g/mol. The minimum Gasteiger partial charge on any atom is -0.462 e. The summed E-state index contributed by atoms with van der Waals surface area (Å²) in [5.41, 5.74) is 8.12. The number of rotatable bonds is 8. The largest absolute Gasteiger partial charge is 0.462 e. The maximum atomic E-state index is 13.0. The van der Waals surface area contributed by atoms with E-state index in [0.29, 0.717) is 12.2 Å². The molecule has 5 nitrogen and oxygen atoms in total. The first kappa shape index (κ1) is 25.9. The Hall–Kier alpha value is -2.75. The quantitative estimate of drug-likeness (QED) is 0.287. The van der Waals surface area contributed by atoms with Crippen LogP contribution in [0.5, 0.6) is 0 Å². The number of hydrogen-bond donors (Lipinski definition) is 1. The highest BCUT2D eigenvalue weighted by Gasteiger charge is 2.23. The number of Topliss-reactive ketones (excluding diaryl/α,β-unsaturated/α-hetero) is 1. The molecule has 1 aliphatic carbocycles. The molecule has 0 radical (unpaired) electrons. The summed E-state index contributed by atoms with van der Waals surface area (Å²) in [6.45, 7) is 9.80. The van der Waals surface area contributed by atoms with E-state index in [4.69, 9.17) is 16.3 Å². The molecule has 0 spiro atoms. The van der Waals surface area contributed by atoms with E-state index in [0.717, 1.165) is 85.5 Å². The second kappa shape index (κ2) is 12.6. The predicted molar refractivity (Wildman–Crippen MR) is 138 cm³/mol. The standard InChI is InChI=1S/C28H35ClN2O3/c1-4-22(28(33)34-5-2)23-13-6-7-15-25(23)30-19-27(32)21-11-9-17-31(18-10-12-21)26-16-8-14-24(29)20(26)3/h8,11,14,16,30H,1,5-7,9-10,12-13,15,17-19H2,2-3H3/b21-11-. The highest BCUT2D eigenvalue weighted by molar-refractivity contribution is 6.31. The molecule has 0 unspecified atom stereocenters. The van der Waals surface area contributed by atoms with Crippen LogP contribution < -0.4 is 10.2 Å². The number of halogens is 1. The minimum atomic E-state index is -0.401. The Morgan fingerprint density at radius 1 is 1.18 bits per heavy atom. The van der Waals surface area contributed by atoms with Crippen molar-refractivity contribution in [2.24, 2.45) is 0 Å². The SMILES string of the molecule is C=C=C(C(=O)OCC)C1=C(NCC(=O)/C2=C\CCN(c3cccc(Cl)c3C)CCC2)CCCC1. The van der Waals surface area contributed by atoms with E-state index in [1.165, 1.54) is 5.69 Å². The highest BCUT2D eigenvalue weighted by Crippen LogP contribution is 2.30. The molecule has 0 amide bonds. The first-order valence-corrected chi connectivity index (χ1v) is 12.6. The van der Waals surface area contributed by atoms with E-state index in [9.17, 15) is 9.59 Å². The fraction of sp³-hybridized carbons (Fsp3) is 0.464. The van der Waals surface area contributed by atoms with E-state index in [2.05, 4.69) is 41.6 Å². The minimum absolute atomic E-state index is 0.116. The van der Waals surface area contributed by atoms with Crippen LogP contribution in [0.4, 0.5) is 5.69 Å². The monoisotopic (exact) mass is 482 g/mol. The average Bonchev–Trinajstić information content (AvgIpc) is 2.81. The lowest BCUT2D eigenvalue weighted by atomic mass is 9.90. The van der Waals surface area contributed by atoms with Gasteiger partial charge in [-0.05, 0) is 87.6 Å². The van der Waals surface area contributed by atoms with Crippen molar-refractivity contribution in [1.29, 1.82) is 0 Å². The number of allylic oxidation sites excluding steroid dienone is 1. The zero-order valence-corrected chi connectivity index (χ0v) is 21.1. The molecular formula is C28H35ClN2O3. The van der Waals surface area contributed by atoms with Crippen LogP contribution in [0.2, 0.25) is 5.02 Å². The highest BCUT2D eigenvalue weighted by atomic mass is 35.5. The molecule has 6 heteroatoms. The Bertz CT molecular complexity index is 1030. The van der Waals surface area contributed by atoms with Crippen molar-refractivity contribution in [2.75, 3.05) is 31.1 Å². The van der Waals surface area contributed by atoms with Gasteiger partial charge in [-0.3, -0.25) is 4.79 Å². The summed E-state index contributed by atoms with van der Waals surface area (Å²) < 4.78 is 5.17. The van der Waals surface area contributed by atoms with Crippen molar-refractivity contribution in [1.82, 2.24) is 5.32 Å². The fourth-order valence-electron chi connectivity index (χ4n) is 4.68. The summed E-state index contributed by atoms with van der Waals surface area (Å²) in [6.07, 6.45) is 8.14. The number of nitrogens with zero attached hydrogens (tertiary/aromatic N) is 1. The molecule has 1 heterocycles. The molecule has 2 aliphatic rings. The predicted octanol–water partition coefficient (Wildman–Crippen LogP) is 5.83. The second-order valence-corrected chi connectivity index (χ2v) is 9.11. The van der Waals surface area contributed by atoms with Gasteiger partial charge in [0.25, 0.3) is 0 Å². The van der Waals surface area contributed by atoms with E-state index in [1.807, 2.05) is 12.1 Å². The Morgan fingerprint density at radius 2 is 1.97 bits per heavy atom. The van der Waals surface area contributed by atoms with Gasteiger partial charge in [-0.15, -0.1) is 5.73 Å². The summed E-state index contributed by atoms with van der Waals surface area (Å²) in [5.74, 6) is -0.285. The number of ketones is 1. The lowest BCUT2D eigenvalue weighted by Crippen LogP contribution is -2.30. The number of nitrogens with one attached hydrogen (secondary N) is 1. The van der Waals surface area contributed by atoms with Crippen LogP contribution in [0.1, 0.15) is 57.4 Å². The number of carbonyl (C=O) groups excluding carboxylic acids is 2. The van der Waals surface area contributed by atoms with E-state index in [1.54, 1.807) is 6.92 Å². The van der Waals surface area contributed by atoms with Gasteiger partial charge in [-0.2, -0.15) is 0 Å². The van der Waals surface area contributed by atoms with Crippen molar-refractivity contribution in [3.05, 3.63) is 69.6 Å². The number of carbonyl (C=O) groups is 2. The van der Waals surface area contributed by atoms with E-state index < -0.39 is 5.97 Å². The van der Waals surface area contributed by atoms with Gasteiger partial charge in [0, 0.05) is 29.5 Å². The van der Waals surface area contributed by atoms with Crippen LogP contribution in [0.15, 0.2) is 59.0 Å². The van der Waals surface area contributed by atoms with Crippen molar-refractivity contribution in [3.63, 3.8) is 0 Å². The third-order valence-corrected chi connectivity index (χ3v) is 6.90. The molecule has 0 aromatic heterocycles. The molecule has 3 rings (SSSR count). The summed E-state index contributed by atoms with van der Waals surface area (Å²) in [7, 11) is 0. The Kier molecular flexibility index (Phi) is 9.62. The van der Waals surface area contributed by atoms with Gasteiger partial charge in [0.15, 0.2) is 5.78 Å². The van der Waals surface area contributed by atoms with Gasteiger partial charge >= 0.3 is 5.97 Å². The van der Waals surface area contributed by atoms with Crippen LogP contribution in [0.3, 0.4) is 0 Å². The summed E-state index contributed by atoms with van der Waals surface area (Å²) >= 11 is 6.31. The Balaban J connectivity index is 1.65. The van der Waals surface area contributed by atoms with Crippen LogP contribution in [-0.2, 0) is 14.3 Å². The summed E-state index contributed by atoms with van der Waals surface area (Å²) in [6, 6.07) is 6.02. The number of anilines is 1. The Morgan fingerprint density at radius 3 is 2.74 bits per heavy atom. The van der Waals surface area contributed by atoms with Gasteiger partial charge in [-0.25, -0.2) is 4.79 Å². The van der Waals surface area contributed by atoms with E-state index >= 15 is 0 Å². The van der Waals surface area contributed by atoms with Gasteiger partial charge < -0.3 is 15.0 Å². The molecule has 0 saturated carbocycles. The van der Waals surface area contributed by atoms with Gasteiger partial charge in [0.05, 0.1) is 13.2 Å². The normalized spacial score (nSPS) is 18.2. The Labute approximate surface area is 208 Å². The maximum Gasteiger partial charge on any atom is 0.346 e. The molecule has 1 N–H and O–H groups in total. The molecule has 1 aliphatic heterocycles. The molecule has 0 bridgehead atoms. The number of ether oxygens (including phenoxy) is 1. The van der Waals surface area contributed by atoms with Gasteiger partial charge in [-0.1, -0.05) is 30.3 Å². The van der Waals surface area contributed by atoms with Crippen LogP contribution in [0, 0.1) is 6.92 Å². The molecule has 34 heavy (non-hydrogen) atoms. The number of esters is 1. The lowest BCUT2D eigenvalue weighted by Gasteiger charge is -2.28. The third kappa shape index (κ3) is 6.43. The zero-order valence-electron chi connectivity index (χ0n) is 20.3. The van der Waals surface area contributed by atoms with Crippen molar-refractivity contribution in [3.8, 4) is 0 Å². The lowest BCUT2D eigenvalue weighted by molar-refractivity contribution is -0.138. The second-order valence-electron chi connectivity index (χ2n) is 8.71. The third-order valence-electron chi connectivity index (χ3n) is 6.49. The van der Waals surface area contributed by atoms with Crippen LogP contribution >= 0.6 is 11.6 Å². The van der Waals surface area contributed by atoms with Gasteiger partial charge in [0.2, 0.25) is 0 Å². The molecule has 0 saturated heterocycles. The molecule has 182 valence electrons. The van der Waals surface area contributed by atoms with E-state index in [-0.39, 0.29) is 12.3 Å². The van der Waals surface area contributed by atoms with Crippen molar-refractivity contribution >= 4 is 29.0 Å². The molecule has 1 aromatic carbocycles. The molecule has 0 fully saturated rings. The first-order valence-electron chi connectivity index (χ1n) is 12.2. The van der Waals surface area contributed by atoms with Crippen molar-refractivity contribution in [2.45, 2.75) is 58.8 Å². The summed E-state index contributed by atoms with van der Waals surface area (Å²) in [5, 5.41) is 4.12. The first-order chi connectivity index (χ1) is 16.5. The van der Waals surface area contributed by atoms with Crippen molar-refractivity contribution < 1.29 is 14.3 Å². The smallest absolute Gasteiger partial charge is 0.346 e. The molecule has 1 aromatic rings. The van der Waals surface area contributed by atoms with Crippen LogP contribution in [0.25, 0.3) is 0 Å². The van der Waals surface area contributed by atoms with Crippen LogP contribution in [-0.4, -0.2) is 38.0 Å².